The maximum Gasteiger partial charge on any atom is 0.291 e. The van der Waals surface area contributed by atoms with Crippen molar-refractivity contribution in [1.29, 1.82) is 0 Å². The molecule has 4 rings (SSSR count). The van der Waals surface area contributed by atoms with Crippen molar-refractivity contribution < 1.29 is 0 Å². The molecule has 122 valence electrons. The highest BCUT2D eigenvalue weighted by Gasteiger charge is 2.27. The summed E-state index contributed by atoms with van der Waals surface area (Å²) in [6.07, 6.45) is 4.39. The second-order valence-electron chi connectivity index (χ2n) is 6.36. The van der Waals surface area contributed by atoms with Crippen LogP contribution in [0.15, 0.2) is 65.5 Å². The number of hydrogen-bond donors (Lipinski definition) is 1. The van der Waals surface area contributed by atoms with Gasteiger partial charge in [0.25, 0.3) is 5.56 Å². The van der Waals surface area contributed by atoms with Crippen molar-refractivity contribution in [2.45, 2.75) is 31.7 Å². The number of para-hydroxylation sites is 1. The first-order valence-electron chi connectivity index (χ1n) is 8.51. The quantitative estimate of drug-likeness (QED) is 0.793. The largest absolute Gasteiger partial charge is 0.392 e. The number of nitrogens with two attached hydrogens (primary N) is 1. The highest BCUT2D eigenvalue weighted by Crippen LogP contribution is 2.34. The minimum atomic E-state index is -0.0791. The van der Waals surface area contributed by atoms with Crippen LogP contribution >= 0.6 is 0 Å². The highest BCUT2D eigenvalue weighted by atomic mass is 16.1. The molecule has 1 heterocycles. The van der Waals surface area contributed by atoms with E-state index in [9.17, 15) is 4.79 Å². The van der Waals surface area contributed by atoms with Crippen LogP contribution in [0.25, 0.3) is 16.9 Å². The number of aromatic nitrogens is 2. The summed E-state index contributed by atoms with van der Waals surface area (Å²) in [6, 6.07) is 20.2. The van der Waals surface area contributed by atoms with E-state index in [2.05, 4.69) is 0 Å². The van der Waals surface area contributed by atoms with Crippen LogP contribution in [0, 0.1) is 0 Å². The van der Waals surface area contributed by atoms with Gasteiger partial charge in [-0.15, -0.1) is 0 Å². The molecule has 0 aliphatic heterocycles. The van der Waals surface area contributed by atoms with Gasteiger partial charge in [-0.2, -0.15) is 0 Å². The second-order valence-corrected chi connectivity index (χ2v) is 6.36. The molecule has 1 saturated carbocycles. The molecular weight excluding hydrogens is 298 g/mol. The van der Waals surface area contributed by atoms with Gasteiger partial charge in [-0.3, -0.25) is 4.79 Å². The number of benzene rings is 2. The maximum absolute atomic E-state index is 13.0. The first-order chi connectivity index (χ1) is 11.8. The number of nitrogen functional groups attached to an aromatic ring is 1. The van der Waals surface area contributed by atoms with Gasteiger partial charge in [0, 0.05) is 5.56 Å². The summed E-state index contributed by atoms with van der Waals surface area (Å²) in [6.45, 7) is 0. The van der Waals surface area contributed by atoms with Gasteiger partial charge in [-0.25, -0.2) is 9.36 Å². The Labute approximate surface area is 141 Å². The molecule has 2 aromatic carbocycles. The van der Waals surface area contributed by atoms with E-state index in [1.54, 1.807) is 0 Å². The lowest BCUT2D eigenvalue weighted by atomic mass is 10.1. The highest BCUT2D eigenvalue weighted by molar-refractivity contribution is 5.74. The zero-order chi connectivity index (χ0) is 16.5. The summed E-state index contributed by atoms with van der Waals surface area (Å²) < 4.78 is 3.89. The van der Waals surface area contributed by atoms with Crippen molar-refractivity contribution in [2.75, 3.05) is 5.73 Å². The molecule has 1 fully saturated rings. The normalized spacial score (nSPS) is 15.0. The smallest absolute Gasteiger partial charge is 0.291 e. The average molecular weight is 319 g/mol. The summed E-state index contributed by atoms with van der Waals surface area (Å²) in [5.41, 5.74) is 9.26. The Morgan fingerprint density at radius 1 is 0.875 bits per heavy atom. The summed E-state index contributed by atoms with van der Waals surface area (Å²) in [4.78, 5) is 13.0. The molecule has 0 saturated heterocycles. The first kappa shape index (κ1) is 14.8. The Morgan fingerprint density at radius 2 is 1.46 bits per heavy atom. The van der Waals surface area contributed by atoms with Crippen LogP contribution in [0.1, 0.15) is 31.7 Å². The number of anilines is 1. The zero-order valence-electron chi connectivity index (χ0n) is 13.6. The summed E-state index contributed by atoms with van der Waals surface area (Å²) in [7, 11) is 0. The molecule has 0 spiro atoms. The third-order valence-electron chi connectivity index (χ3n) is 4.84. The van der Waals surface area contributed by atoms with Gasteiger partial charge in [0.2, 0.25) is 0 Å². The molecule has 0 amide bonds. The van der Waals surface area contributed by atoms with E-state index in [0.717, 1.165) is 42.6 Å². The molecule has 0 bridgehead atoms. The SMILES string of the molecule is Nc1c(-c2ccccc2)n(-c2ccccc2)n(C2CCCC2)c1=O. The Morgan fingerprint density at radius 3 is 2.08 bits per heavy atom. The van der Waals surface area contributed by atoms with E-state index in [-0.39, 0.29) is 11.6 Å². The van der Waals surface area contributed by atoms with Crippen LogP contribution in [0.5, 0.6) is 0 Å². The van der Waals surface area contributed by atoms with E-state index < -0.39 is 0 Å². The van der Waals surface area contributed by atoms with E-state index in [4.69, 9.17) is 5.73 Å². The fraction of sp³-hybridized carbons (Fsp3) is 0.250. The first-order valence-corrected chi connectivity index (χ1v) is 8.51. The van der Waals surface area contributed by atoms with Gasteiger partial charge < -0.3 is 5.73 Å². The topological polar surface area (TPSA) is 52.9 Å². The van der Waals surface area contributed by atoms with E-state index >= 15 is 0 Å². The third-order valence-corrected chi connectivity index (χ3v) is 4.84. The maximum atomic E-state index is 13.0. The van der Waals surface area contributed by atoms with Gasteiger partial charge in [0.15, 0.2) is 0 Å². The second kappa shape index (κ2) is 6.04. The molecule has 1 aliphatic rings. The predicted molar refractivity (Wildman–Crippen MR) is 97.4 cm³/mol. The molecule has 4 heteroatoms. The Balaban J connectivity index is 2.03. The molecular formula is C20H21N3O. The Bertz CT molecular complexity index is 888. The lowest BCUT2D eigenvalue weighted by Gasteiger charge is -2.19. The van der Waals surface area contributed by atoms with Crippen LogP contribution in [0.3, 0.4) is 0 Å². The molecule has 0 radical (unpaired) electrons. The van der Waals surface area contributed by atoms with E-state index in [0.29, 0.717) is 5.69 Å². The summed E-state index contributed by atoms with van der Waals surface area (Å²) in [5.74, 6) is 0. The van der Waals surface area contributed by atoms with Crippen molar-refractivity contribution in [3.8, 4) is 16.9 Å². The van der Waals surface area contributed by atoms with Crippen LogP contribution < -0.4 is 11.3 Å². The van der Waals surface area contributed by atoms with Crippen molar-refractivity contribution in [1.82, 2.24) is 9.36 Å². The van der Waals surface area contributed by atoms with E-state index in [1.165, 1.54) is 0 Å². The molecule has 1 aromatic heterocycles. The average Bonchev–Trinajstić information content (AvgIpc) is 3.24. The summed E-state index contributed by atoms with van der Waals surface area (Å²) in [5, 5.41) is 0. The van der Waals surface area contributed by atoms with Crippen LogP contribution in [0.4, 0.5) is 5.69 Å². The van der Waals surface area contributed by atoms with Gasteiger partial charge in [0.05, 0.1) is 17.4 Å². The van der Waals surface area contributed by atoms with Gasteiger partial charge >= 0.3 is 0 Å². The number of hydrogen-bond acceptors (Lipinski definition) is 2. The predicted octanol–water partition coefficient (Wildman–Crippen LogP) is 4.00. The van der Waals surface area contributed by atoms with Crippen LogP contribution in [0.2, 0.25) is 0 Å². The van der Waals surface area contributed by atoms with Gasteiger partial charge in [0.1, 0.15) is 5.69 Å². The molecule has 1 aliphatic carbocycles. The van der Waals surface area contributed by atoms with E-state index in [1.807, 2.05) is 70.0 Å². The van der Waals surface area contributed by atoms with Crippen LogP contribution in [-0.2, 0) is 0 Å². The summed E-state index contributed by atoms with van der Waals surface area (Å²) >= 11 is 0. The molecule has 24 heavy (non-hydrogen) atoms. The fourth-order valence-corrected chi connectivity index (χ4v) is 3.71. The number of nitrogens with zero attached hydrogens (tertiary/aromatic N) is 2. The minimum absolute atomic E-state index is 0.0791. The molecule has 4 nitrogen and oxygen atoms in total. The number of rotatable bonds is 3. The van der Waals surface area contributed by atoms with Crippen molar-refractivity contribution in [2.24, 2.45) is 0 Å². The monoisotopic (exact) mass is 319 g/mol. The Kier molecular flexibility index (Phi) is 3.73. The molecule has 0 atom stereocenters. The van der Waals surface area contributed by atoms with Crippen molar-refractivity contribution in [3.05, 3.63) is 71.0 Å². The zero-order valence-corrected chi connectivity index (χ0v) is 13.6. The molecule has 0 unspecified atom stereocenters. The van der Waals surface area contributed by atoms with Crippen molar-refractivity contribution in [3.63, 3.8) is 0 Å². The van der Waals surface area contributed by atoms with Gasteiger partial charge in [-0.1, -0.05) is 61.4 Å². The third kappa shape index (κ3) is 2.35. The van der Waals surface area contributed by atoms with Crippen LogP contribution in [-0.4, -0.2) is 9.36 Å². The standard InChI is InChI=1S/C20H21N3O/c21-18-19(15-9-3-1-4-10-15)22(16-11-5-2-6-12-16)23(20(18)24)17-13-7-8-14-17/h1-6,9-12,17H,7-8,13-14,21H2. The molecule has 2 N–H and O–H groups in total. The molecule has 3 aromatic rings. The minimum Gasteiger partial charge on any atom is -0.392 e. The lowest BCUT2D eigenvalue weighted by Crippen LogP contribution is -2.26. The Hall–Kier alpha value is -2.75. The fourth-order valence-electron chi connectivity index (χ4n) is 3.71. The van der Waals surface area contributed by atoms with Gasteiger partial charge in [-0.05, 0) is 25.0 Å². The lowest BCUT2D eigenvalue weighted by molar-refractivity contribution is 0.420. The van der Waals surface area contributed by atoms with Crippen molar-refractivity contribution >= 4 is 5.69 Å².